The number of hydrogen-bond donors (Lipinski definition) is 0. The number of nitrogens with zero attached hydrogens (tertiary/aromatic N) is 3. The van der Waals surface area contributed by atoms with E-state index in [1.165, 1.54) is 0 Å². The first kappa shape index (κ1) is 19.2. The van der Waals surface area contributed by atoms with E-state index in [-0.39, 0.29) is 18.4 Å². The molecule has 27 heavy (non-hydrogen) atoms. The van der Waals surface area contributed by atoms with Crippen LogP contribution in [-0.4, -0.2) is 52.8 Å². The summed E-state index contributed by atoms with van der Waals surface area (Å²) in [5.74, 6) is 0.529. The van der Waals surface area contributed by atoms with Gasteiger partial charge in [0.25, 0.3) is 5.91 Å². The van der Waals surface area contributed by atoms with Crippen LogP contribution in [0.25, 0.3) is 0 Å². The molecule has 1 aromatic heterocycles. The zero-order valence-electron chi connectivity index (χ0n) is 15.4. The number of para-hydroxylation sites is 1. The Labute approximate surface area is 163 Å². The maximum Gasteiger partial charge on any atom is 0.272 e. The van der Waals surface area contributed by atoms with E-state index in [1.54, 1.807) is 34.9 Å². The maximum absolute atomic E-state index is 12.7. The Kier molecular flexibility index (Phi) is 5.96. The van der Waals surface area contributed by atoms with Crippen molar-refractivity contribution >= 4 is 23.4 Å². The molecule has 1 aliphatic rings. The molecule has 7 heteroatoms. The normalized spacial score (nSPS) is 14.2. The first-order chi connectivity index (χ1) is 13.0. The summed E-state index contributed by atoms with van der Waals surface area (Å²) in [5, 5.41) is 0.547. The minimum absolute atomic E-state index is 0.0363. The summed E-state index contributed by atoms with van der Waals surface area (Å²) < 4.78 is 5.81. The van der Waals surface area contributed by atoms with Crippen molar-refractivity contribution in [2.75, 3.05) is 26.2 Å². The fourth-order valence-electron chi connectivity index (χ4n) is 3.01. The molecule has 6 nitrogen and oxygen atoms in total. The molecule has 2 aromatic rings. The molecule has 0 unspecified atom stereocenters. The number of carbonyl (C=O) groups excluding carboxylic acids is 2. The van der Waals surface area contributed by atoms with Gasteiger partial charge in [0.2, 0.25) is 5.91 Å². The highest BCUT2D eigenvalue weighted by atomic mass is 35.5. The summed E-state index contributed by atoms with van der Waals surface area (Å²) in [6.07, 6.45) is 0. The molecule has 0 aliphatic carbocycles. The molecule has 3 rings (SSSR count). The molecule has 1 aromatic carbocycles. The Balaban J connectivity index is 1.65. The highest BCUT2D eigenvalue weighted by Crippen LogP contribution is 2.28. The molecular weight excluding hydrogens is 366 g/mol. The third-order valence-electron chi connectivity index (χ3n) is 4.57. The smallest absolute Gasteiger partial charge is 0.272 e. The van der Waals surface area contributed by atoms with Crippen LogP contribution in [0.15, 0.2) is 36.4 Å². The van der Waals surface area contributed by atoms with Gasteiger partial charge in [-0.25, -0.2) is 4.98 Å². The van der Waals surface area contributed by atoms with Gasteiger partial charge in [0.05, 0.1) is 10.7 Å². The van der Waals surface area contributed by atoms with Crippen LogP contribution in [0.2, 0.25) is 5.02 Å². The van der Waals surface area contributed by atoms with Crippen molar-refractivity contribution in [3.8, 4) is 5.75 Å². The Morgan fingerprint density at radius 2 is 1.74 bits per heavy atom. The van der Waals surface area contributed by atoms with Gasteiger partial charge in [-0.15, -0.1) is 0 Å². The number of aromatic nitrogens is 1. The number of hydrogen-bond acceptors (Lipinski definition) is 4. The third kappa shape index (κ3) is 4.57. The van der Waals surface area contributed by atoms with E-state index in [2.05, 4.69) is 4.98 Å². The molecule has 1 saturated heterocycles. The van der Waals surface area contributed by atoms with E-state index in [9.17, 15) is 9.59 Å². The first-order valence-electron chi connectivity index (χ1n) is 8.84. The fourth-order valence-corrected chi connectivity index (χ4v) is 3.29. The van der Waals surface area contributed by atoms with Crippen LogP contribution in [0.4, 0.5) is 0 Å². The summed E-state index contributed by atoms with van der Waals surface area (Å²) in [4.78, 5) is 32.0. The van der Waals surface area contributed by atoms with E-state index in [0.717, 1.165) is 5.56 Å². The fraction of sp³-hybridized carbons (Fsp3) is 0.350. The van der Waals surface area contributed by atoms with Gasteiger partial charge >= 0.3 is 0 Å². The second-order valence-electron chi connectivity index (χ2n) is 6.49. The summed E-state index contributed by atoms with van der Waals surface area (Å²) in [5.41, 5.74) is 1.98. The van der Waals surface area contributed by atoms with Gasteiger partial charge in [-0.2, -0.15) is 0 Å². The number of carbonyl (C=O) groups is 2. The van der Waals surface area contributed by atoms with Gasteiger partial charge in [0, 0.05) is 33.1 Å². The van der Waals surface area contributed by atoms with E-state index >= 15 is 0 Å². The van der Waals surface area contributed by atoms with Crippen LogP contribution >= 0.6 is 11.6 Å². The van der Waals surface area contributed by atoms with Gasteiger partial charge < -0.3 is 14.5 Å². The minimum Gasteiger partial charge on any atom is -0.485 e. The second kappa shape index (κ2) is 8.39. The highest BCUT2D eigenvalue weighted by molar-refractivity contribution is 6.32. The van der Waals surface area contributed by atoms with Crippen molar-refractivity contribution < 1.29 is 14.3 Å². The first-order valence-corrected chi connectivity index (χ1v) is 9.22. The van der Waals surface area contributed by atoms with E-state index in [0.29, 0.717) is 48.3 Å². The average Bonchev–Trinajstić information content (AvgIpc) is 2.67. The molecule has 2 amide bonds. The predicted molar refractivity (Wildman–Crippen MR) is 103 cm³/mol. The lowest BCUT2D eigenvalue weighted by Crippen LogP contribution is -2.50. The van der Waals surface area contributed by atoms with Crippen LogP contribution in [0, 0.1) is 6.92 Å². The summed E-state index contributed by atoms with van der Waals surface area (Å²) in [6.45, 7) is 5.83. The van der Waals surface area contributed by atoms with Gasteiger partial charge in [0.15, 0.2) is 0 Å². The summed E-state index contributed by atoms with van der Waals surface area (Å²) >= 11 is 6.18. The lowest BCUT2D eigenvalue weighted by atomic mass is 10.2. The van der Waals surface area contributed by atoms with E-state index < -0.39 is 0 Å². The Morgan fingerprint density at radius 1 is 1.07 bits per heavy atom. The monoisotopic (exact) mass is 387 g/mol. The van der Waals surface area contributed by atoms with Crippen molar-refractivity contribution in [2.24, 2.45) is 0 Å². The van der Waals surface area contributed by atoms with Crippen LogP contribution in [0.5, 0.6) is 5.75 Å². The SMILES string of the molecule is CC(=O)N1CCN(C(=O)c2cccc(COc3c(C)cccc3Cl)n2)CC1. The average molecular weight is 388 g/mol. The molecule has 0 atom stereocenters. The Morgan fingerprint density at radius 3 is 2.41 bits per heavy atom. The topological polar surface area (TPSA) is 62.7 Å². The molecule has 0 radical (unpaired) electrons. The summed E-state index contributed by atoms with van der Waals surface area (Å²) in [7, 11) is 0. The van der Waals surface area contributed by atoms with Crippen molar-refractivity contribution in [3.05, 3.63) is 58.4 Å². The number of pyridine rings is 1. The van der Waals surface area contributed by atoms with E-state index in [1.807, 2.05) is 25.1 Å². The molecule has 1 fully saturated rings. The Bertz CT molecular complexity index is 828. The second-order valence-corrected chi connectivity index (χ2v) is 6.89. The quantitative estimate of drug-likeness (QED) is 0.809. The number of ether oxygens (including phenoxy) is 1. The van der Waals surface area contributed by atoms with Gasteiger partial charge in [-0.3, -0.25) is 9.59 Å². The number of piperazine rings is 1. The van der Waals surface area contributed by atoms with Gasteiger partial charge in [0.1, 0.15) is 18.1 Å². The molecular formula is C20H22ClN3O3. The molecule has 0 bridgehead atoms. The lowest BCUT2D eigenvalue weighted by Gasteiger charge is -2.34. The molecule has 0 spiro atoms. The molecule has 1 aliphatic heterocycles. The predicted octanol–water partition coefficient (Wildman–Crippen LogP) is 2.93. The number of aryl methyl sites for hydroxylation is 1. The lowest BCUT2D eigenvalue weighted by molar-refractivity contribution is -0.130. The zero-order valence-corrected chi connectivity index (χ0v) is 16.2. The zero-order chi connectivity index (χ0) is 19.4. The molecule has 0 saturated carbocycles. The van der Waals surface area contributed by atoms with Crippen LogP contribution in [0.3, 0.4) is 0 Å². The van der Waals surface area contributed by atoms with Crippen LogP contribution in [0.1, 0.15) is 28.7 Å². The van der Waals surface area contributed by atoms with Crippen LogP contribution in [-0.2, 0) is 11.4 Å². The van der Waals surface area contributed by atoms with Crippen molar-refractivity contribution in [2.45, 2.75) is 20.5 Å². The van der Waals surface area contributed by atoms with Gasteiger partial charge in [-0.1, -0.05) is 29.8 Å². The van der Waals surface area contributed by atoms with Gasteiger partial charge in [-0.05, 0) is 30.7 Å². The van der Waals surface area contributed by atoms with Crippen molar-refractivity contribution in [1.82, 2.24) is 14.8 Å². The maximum atomic E-state index is 12.7. The van der Waals surface area contributed by atoms with Crippen LogP contribution < -0.4 is 4.74 Å². The largest absolute Gasteiger partial charge is 0.485 e. The number of rotatable bonds is 4. The highest BCUT2D eigenvalue weighted by Gasteiger charge is 2.24. The molecule has 0 N–H and O–H groups in total. The molecule has 2 heterocycles. The number of amides is 2. The summed E-state index contributed by atoms with van der Waals surface area (Å²) in [6, 6.07) is 10.9. The third-order valence-corrected chi connectivity index (χ3v) is 4.86. The minimum atomic E-state index is -0.131. The Hall–Kier alpha value is -2.60. The van der Waals surface area contributed by atoms with Crippen molar-refractivity contribution in [1.29, 1.82) is 0 Å². The van der Waals surface area contributed by atoms with E-state index in [4.69, 9.17) is 16.3 Å². The number of benzene rings is 1. The number of halogens is 1. The van der Waals surface area contributed by atoms with Crippen molar-refractivity contribution in [3.63, 3.8) is 0 Å². The standard InChI is InChI=1S/C20H22ClN3O3/c1-14-5-3-7-17(21)19(14)27-13-16-6-4-8-18(22-16)20(26)24-11-9-23(10-12-24)15(2)25/h3-8H,9-13H2,1-2H3. The molecule has 142 valence electrons.